The van der Waals surface area contributed by atoms with E-state index in [9.17, 15) is 19.2 Å². The molecule has 9 rings (SSSR count). The molecule has 84 heavy (non-hydrogen) atoms. The van der Waals surface area contributed by atoms with E-state index in [1.165, 1.54) is 26.2 Å². The number of aryl methyl sites for hydroxylation is 4. The molecule has 4 aromatic heterocycles. The van der Waals surface area contributed by atoms with Crippen LogP contribution in [0.15, 0.2) is 122 Å². The van der Waals surface area contributed by atoms with Gasteiger partial charge in [-0.1, -0.05) is 95.5 Å². The number of benzene rings is 4. The largest absolute Gasteiger partial charge is 0.399 e. The van der Waals surface area contributed by atoms with Crippen molar-refractivity contribution in [2.24, 2.45) is 17.8 Å². The summed E-state index contributed by atoms with van der Waals surface area (Å²) >= 11 is 0. The predicted octanol–water partition coefficient (Wildman–Crippen LogP) is 12.0. The van der Waals surface area contributed by atoms with E-state index in [1.54, 1.807) is 31.7 Å². The van der Waals surface area contributed by atoms with Crippen molar-refractivity contribution in [3.8, 4) is 45.0 Å². The second-order valence-electron chi connectivity index (χ2n) is 21.1. The van der Waals surface area contributed by atoms with Crippen LogP contribution in [0.25, 0.3) is 45.0 Å². The summed E-state index contributed by atoms with van der Waals surface area (Å²) in [6.07, 6.45) is 14.6. The van der Waals surface area contributed by atoms with Crippen molar-refractivity contribution < 1.29 is 19.2 Å². The molecular weight excluding hydrogens is 1060 g/mol. The van der Waals surface area contributed by atoms with E-state index in [1.807, 2.05) is 146 Å². The minimum atomic E-state index is -0.160. The molecular formula is C64H78N16O4. The van der Waals surface area contributed by atoms with Crippen molar-refractivity contribution in [3.05, 3.63) is 145 Å². The highest BCUT2D eigenvalue weighted by atomic mass is 16.2. The van der Waals surface area contributed by atoms with Crippen LogP contribution in [0.1, 0.15) is 109 Å². The molecule has 20 nitrogen and oxygen atoms in total. The van der Waals surface area contributed by atoms with Gasteiger partial charge in [-0.3, -0.25) is 19.2 Å². The molecule has 0 bridgehead atoms. The zero-order valence-corrected chi connectivity index (χ0v) is 49.5. The van der Waals surface area contributed by atoms with Crippen LogP contribution in [-0.4, -0.2) is 63.5 Å². The van der Waals surface area contributed by atoms with Gasteiger partial charge in [-0.25, -0.2) is 39.9 Å². The van der Waals surface area contributed by atoms with E-state index in [2.05, 4.69) is 61.1 Å². The third kappa shape index (κ3) is 19.8. The number of hydrogen-bond donors (Lipinski definition) is 8. The molecule has 12 N–H and O–H groups in total. The van der Waals surface area contributed by atoms with Gasteiger partial charge in [0.15, 0.2) is 23.3 Å². The SMILES string of the molecule is CC(=O)Nc1ncc(-c2ccc(N)cc2)nc1C.CCC(C)C(=O)Nc1ncc(-c2ccc(N)cc2)nc1C.Cc1nc(-c2ccc(N)cc2)cnc1NC(=O)CC(C)C.Cc1nc(-c2ccc(N)cc2)cnc1NC(=O)CC1CCCCC1. The maximum Gasteiger partial charge on any atom is 0.228 e. The van der Waals surface area contributed by atoms with Gasteiger partial charge in [-0.15, -0.1) is 0 Å². The third-order valence-corrected chi connectivity index (χ3v) is 13.5. The summed E-state index contributed by atoms with van der Waals surface area (Å²) in [4.78, 5) is 82.0. The molecule has 1 fully saturated rings. The Morgan fingerprint density at radius 3 is 1.07 bits per heavy atom. The molecule has 0 saturated heterocycles. The van der Waals surface area contributed by atoms with E-state index < -0.39 is 0 Å². The lowest BCUT2D eigenvalue weighted by Gasteiger charge is -2.20. The van der Waals surface area contributed by atoms with E-state index in [0.717, 1.165) is 75.7 Å². The quantitative estimate of drug-likeness (QED) is 0.0469. The number of hydrogen-bond acceptors (Lipinski definition) is 16. The van der Waals surface area contributed by atoms with Crippen LogP contribution in [0.5, 0.6) is 0 Å². The van der Waals surface area contributed by atoms with Crippen molar-refractivity contribution in [3.63, 3.8) is 0 Å². The first-order valence-corrected chi connectivity index (χ1v) is 28.1. The van der Waals surface area contributed by atoms with E-state index >= 15 is 0 Å². The summed E-state index contributed by atoms with van der Waals surface area (Å²) in [5.74, 6) is 2.66. The number of anilines is 8. The Balaban J connectivity index is 0.000000180. The van der Waals surface area contributed by atoms with Gasteiger partial charge in [0.25, 0.3) is 0 Å². The van der Waals surface area contributed by atoms with Crippen LogP contribution in [0.2, 0.25) is 0 Å². The maximum absolute atomic E-state index is 12.2. The van der Waals surface area contributed by atoms with Crippen molar-refractivity contribution in [1.29, 1.82) is 0 Å². The van der Waals surface area contributed by atoms with E-state index in [0.29, 0.717) is 82.1 Å². The first-order valence-electron chi connectivity index (χ1n) is 28.1. The second kappa shape index (κ2) is 30.9. The number of rotatable bonds is 14. The number of carbonyl (C=O) groups excluding carboxylic acids is 4. The molecule has 4 heterocycles. The monoisotopic (exact) mass is 1130 g/mol. The fourth-order valence-electron chi connectivity index (χ4n) is 8.57. The Morgan fingerprint density at radius 2 is 0.774 bits per heavy atom. The number of carbonyl (C=O) groups is 4. The molecule has 1 saturated carbocycles. The zero-order valence-electron chi connectivity index (χ0n) is 49.5. The molecule has 0 radical (unpaired) electrons. The third-order valence-electron chi connectivity index (χ3n) is 13.5. The van der Waals surface area contributed by atoms with Gasteiger partial charge in [0.05, 0.1) is 70.3 Å². The standard InChI is InChI=1S/C19H24N4O.2C16H20N4O.C13H14N4O/c1-13-19(23-18(24)11-14-5-3-2-4-6-14)21-12-17(22-13)15-7-9-16(20)10-8-15;1-10(2)8-15(21)20-16-11(3)19-14(9-18-16)12-4-6-13(17)7-5-12;1-4-10(2)16(21)20-15-11(3)19-14(9-18-15)12-5-7-13(17)8-6-12;1-8-13(17-9(2)18)15-7-12(16-8)10-3-5-11(14)6-4-10/h7-10,12,14H,2-6,11,20H2,1H3,(H,21,23,24);4-7,9-10H,8,17H2,1-3H3,(H,18,20,21);5-10H,4,17H2,1-3H3,(H,18,20,21);3-7H,14H2,1-2H3,(H,15,17,18). The van der Waals surface area contributed by atoms with Crippen LogP contribution in [0.4, 0.5) is 46.0 Å². The molecule has 1 aliphatic carbocycles. The minimum absolute atomic E-state index is 0.0323. The zero-order chi connectivity index (χ0) is 60.9. The topological polar surface area (TPSA) is 324 Å². The van der Waals surface area contributed by atoms with Crippen molar-refractivity contribution in [2.45, 2.75) is 114 Å². The van der Waals surface area contributed by atoms with Crippen LogP contribution in [0, 0.1) is 45.4 Å². The highest BCUT2D eigenvalue weighted by Gasteiger charge is 2.19. The van der Waals surface area contributed by atoms with Crippen molar-refractivity contribution in [2.75, 3.05) is 44.2 Å². The Kier molecular flexibility index (Phi) is 23.4. The highest BCUT2D eigenvalue weighted by Crippen LogP contribution is 2.28. The summed E-state index contributed by atoms with van der Waals surface area (Å²) in [5, 5.41) is 11.2. The van der Waals surface area contributed by atoms with Crippen LogP contribution < -0.4 is 44.2 Å². The van der Waals surface area contributed by atoms with Gasteiger partial charge in [-0.05, 0) is 107 Å². The van der Waals surface area contributed by atoms with Crippen LogP contribution >= 0.6 is 0 Å². The fourth-order valence-corrected chi connectivity index (χ4v) is 8.57. The van der Waals surface area contributed by atoms with Gasteiger partial charge in [0, 0.05) is 70.7 Å². The molecule has 1 aliphatic rings. The van der Waals surface area contributed by atoms with Gasteiger partial charge >= 0.3 is 0 Å². The average molecular weight is 1140 g/mol. The summed E-state index contributed by atoms with van der Waals surface area (Å²) in [6, 6.07) is 29.8. The molecule has 4 aromatic carbocycles. The van der Waals surface area contributed by atoms with Crippen molar-refractivity contribution >= 4 is 69.6 Å². The molecule has 0 aliphatic heterocycles. The lowest BCUT2D eigenvalue weighted by molar-refractivity contribution is -0.119. The molecule has 1 atom stereocenters. The van der Waals surface area contributed by atoms with E-state index in [4.69, 9.17) is 22.9 Å². The van der Waals surface area contributed by atoms with Crippen LogP contribution in [-0.2, 0) is 19.2 Å². The van der Waals surface area contributed by atoms with Gasteiger partial charge in [-0.2, -0.15) is 0 Å². The Bertz CT molecular complexity index is 3480. The molecule has 438 valence electrons. The lowest BCUT2D eigenvalue weighted by Crippen LogP contribution is -2.21. The number of nitrogens with one attached hydrogen (secondary N) is 4. The summed E-state index contributed by atoms with van der Waals surface area (Å²) in [5.41, 5.74) is 35.1. The summed E-state index contributed by atoms with van der Waals surface area (Å²) in [7, 11) is 0. The Labute approximate surface area is 492 Å². The smallest absolute Gasteiger partial charge is 0.228 e. The molecule has 8 aromatic rings. The Hall–Kier alpha value is -9.72. The number of nitrogens with zero attached hydrogens (tertiary/aromatic N) is 8. The summed E-state index contributed by atoms with van der Waals surface area (Å²) < 4.78 is 0. The molecule has 4 amide bonds. The average Bonchev–Trinajstić information content (AvgIpc) is 3.52. The fraction of sp³-hybridized carbons (Fsp3) is 0.312. The molecule has 20 heteroatoms. The van der Waals surface area contributed by atoms with Crippen LogP contribution in [0.3, 0.4) is 0 Å². The molecule has 1 unspecified atom stereocenters. The lowest BCUT2D eigenvalue weighted by atomic mass is 9.87. The number of nitrogen functional groups attached to an aromatic ring is 4. The minimum Gasteiger partial charge on any atom is -0.399 e. The van der Waals surface area contributed by atoms with E-state index in [-0.39, 0.29) is 29.5 Å². The number of aromatic nitrogens is 8. The number of amides is 4. The van der Waals surface area contributed by atoms with Gasteiger partial charge < -0.3 is 44.2 Å². The molecule has 0 spiro atoms. The van der Waals surface area contributed by atoms with Gasteiger partial charge in [0.2, 0.25) is 23.6 Å². The van der Waals surface area contributed by atoms with Crippen molar-refractivity contribution in [1.82, 2.24) is 39.9 Å². The normalized spacial score (nSPS) is 12.2. The maximum atomic E-state index is 12.2. The Morgan fingerprint density at radius 1 is 0.464 bits per heavy atom. The first kappa shape index (κ1) is 63.5. The number of nitrogens with two attached hydrogens (primary N) is 4. The second-order valence-corrected chi connectivity index (χ2v) is 21.1. The van der Waals surface area contributed by atoms with Gasteiger partial charge in [0.1, 0.15) is 0 Å². The summed E-state index contributed by atoms with van der Waals surface area (Å²) in [6.45, 7) is 16.6. The highest BCUT2D eigenvalue weighted by molar-refractivity contribution is 5.92. The predicted molar refractivity (Wildman–Crippen MR) is 337 cm³/mol. The first-order chi connectivity index (χ1) is 40.1.